The normalized spacial score (nSPS) is 27.4. The van der Waals surface area contributed by atoms with E-state index in [9.17, 15) is 4.79 Å². The van der Waals surface area contributed by atoms with Crippen LogP contribution in [0.3, 0.4) is 0 Å². The molecule has 2 aliphatic carbocycles. The van der Waals surface area contributed by atoms with E-state index in [2.05, 4.69) is 17.2 Å². The molecule has 2 rings (SSSR count). The Morgan fingerprint density at radius 3 is 2.55 bits per heavy atom. The van der Waals surface area contributed by atoms with Gasteiger partial charge in [0.25, 0.3) is 0 Å². The third kappa shape index (κ3) is 4.69. The van der Waals surface area contributed by atoms with Gasteiger partial charge < -0.3 is 19.9 Å². The maximum atomic E-state index is 11.5. The first-order valence-electron chi connectivity index (χ1n) is 7.38. The fourth-order valence-corrected chi connectivity index (χ4v) is 2.90. The summed E-state index contributed by atoms with van der Waals surface area (Å²) < 4.78 is 10.3. The van der Waals surface area contributed by atoms with E-state index in [4.69, 9.17) is 14.6 Å². The Labute approximate surface area is 120 Å². The van der Waals surface area contributed by atoms with Crippen LogP contribution in [-0.2, 0) is 9.47 Å². The van der Waals surface area contributed by atoms with Gasteiger partial charge in [-0.2, -0.15) is 0 Å². The van der Waals surface area contributed by atoms with Crippen molar-refractivity contribution in [2.45, 2.75) is 25.7 Å². The molecule has 3 atom stereocenters. The van der Waals surface area contributed by atoms with Crippen LogP contribution in [0.15, 0.2) is 0 Å². The summed E-state index contributed by atoms with van der Waals surface area (Å²) in [6.07, 6.45) is 3.86. The molecule has 1 amide bonds. The Hall–Kier alpha value is -1.25. The number of alkyl carbamates (subject to hydrolysis) is 1. The van der Waals surface area contributed by atoms with Gasteiger partial charge in [-0.1, -0.05) is 0 Å². The van der Waals surface area contributed by atoms with Gasteiger partial charge in [0.05, 0.1) is 26.4 Å². The van der Waals surface area contributed by atoms with Crippen molar-refractivity contribution in [1.29, 1.82) is 0 Å². The number of carbonyl (C=O) groups is 1. The molecule has 0 aliphatic heterocycles. The maximum absolute atomic E-state index is 11.5. The van der Waals surface area contributed by atoms with Gasteiger partial charge in [0.2, 0.25) is 0 Å². The summed E-state index contributed by atoms with van der Waals surface area (Å²) >= 11 is 0. The summed E-state index contributed by atoms with van der Waals surface area (Å²) in [5, 5.41) is 11.2. The van der Waals surface area contributed by atoms with Gasteiger partial charge in [0.15, 0.2) is 0 Å². The number of ether oxygens (including phenoxy) is 2. The number of hydrogen-bond acceptors (Lipinski definition) is 4. The van der Waals surface area contributed by atoms with Gasteiger partial charge in [0, 0.05) is 19.4 Å². The Balaban J connectivity index is 1.54. The number of nitrogens with one attached hydrogen (secondary N) is 1. The third-order valence-corrected chi connectivity index (χ3v) is 4.00. The van der Waals surface area contributed by atoms with E-state index >= 15 is 0 Å². The third-order valence-electron chi connectivity index (χ3n) is 4.00. The van der Waals surface area contributed by atoms with E-state index < -0.39 is 0 Å². The van der Waals surface area contributed by atoms with Crippen LogP contribution in [0.4, 0.5) is 4.79 Å². The molecule has 5 heteroatoms. The molecule has 0 saturated heterocycles. The highest BCUT2D eigenvalue weighted by molar-refractivity contribution is 5.67. The first-order valence-corrected chi connectivity index (χ1v) is 7.38. The standard InChI is InChI=1S/C15H23NO4/c17-8-10-19-9-7-16-15(18)20-11-14-12-5-3-1-2-4-6-13(12)14/h12-14,17H,3-11H2,(H,16,18)/t12-,13+,14?. The average Bonchev–Trinajstić information content (AvgIpc) is 3.06. The maximum Gasteiger partial charge on any atom is 0.407 e. The van der Waals surface area contributed by atoms with Crippen LogP contribution in [0.1, 0.15) is 25.7 Å². The molecule has 1 saturated carbocycles. The molecular formula is C15H23NO4. The summed E-state index contributed by atoms with van der Waals surface area (Å²) in [5.74, 6) is 8.27. The second kappa shape index (κ2) is 8.13. The number of fused-ring (bicyclic) bond motifs is 1. The van der Waals surface area contributed by atoms with E-state index in [1.807, 2.05) is 0 Å². The van der Waals surface area contributed by atoms with Crippen LogP contribution in [0, 0.1) is 29.6 Å². The lowest BCUT2D eigenvalue weighted by Crippen LogP contribution is -2.29. The Morgan fingerprint density at radius 1 is 1.20 bits per heavy atom. The molecule has 2 N–H and O–H groups in total. The second-order valence-electron chi connectivity index (χ2n) is 5.28. The van der Waals surface area contributed by atoms with Crippen molar-refractivity contribution in [2.75, 3.05) is 33.0 Å². The highest BCUT2D eigenvalue weighted by Gasteiger charge is 2.49. The lowest BCUT2D eigenvalue weighted by molar-refractivity contribution is 0.0900. The van der Waals surface area contributed by atoms with Crippen LogP contribution in [0.25, 0.3) is 0 Å². The van der Waals surface area contributed by atoms with E-state index in [1.165, 1.54) is 0 Å². The summed E-state index contributed by atoms with van der Waals surface area (Å²) in [5.41, 5.74) is 0. The van der Waals surface area contributed by atoms with Crippen LogP contribution in [0.2, 0.25) is 0 Å². The van der Waals surface area contributed by atoms with Crippen molar-refractivity contribution in [3.8, 4) is 11.8 Å². The molecule has 1 unspecified atom stereocenters. The Kier molecular flexibility index (Phi) is 6.16. The molecular weight excluding hydrogens is 258 g/mol. The highest BCUT2D eigenvalue weighted by Crippen LogP contribution is 2.52. The van der Waals surface area contributed by atoms with Crippen molar-refractivity contribution in [1.82, 2.24) is 5.32 Å². The lowest BCUT2D eigenvalue weighted by atomic mass is 10.1. The number of hydrogen-bond donors (Lipinski definition) is 2. The molecule has 0 aromatic heterocycles. The zero-order valence-corrected chi connectivity index (χ0v) is 11.8. The fourth-order valence-electron chi connectivity index (χ4n) is 2.90. The molecule has 2 aliphatic rings. The topological polar surface area (TPSA) is 67.8 Å². The van der Waals surface area contributed by atoms with E-state index in [1.54, 1.807) is 0 Å². The minimum Gasteiger partial charge on any atom is -0.449 e. The predicted molar refractivity (Wildman–Crippen MR) is 74.0 cm³/mol. The summed E-state index contributed by atoms with van der Waals surface area (Å²) in [4.78, 5) is 11.5. The van der Waals surface area contributed by atoms with E-state index in [-0.39, 0.29) is 12.7 Å². The van der Waals surface area contributed by atoms with Gasteiger partial charge in [0.1, 0.15) is 0 Å². The predicted octanol–water partition coefficient (Wildman–Crippen LogP) is 1.16. The minimum atomic E-state index is -0.381. The van der Waals surface area contributed by atoms with Gasteiger partial charge in [-0.05, 0) is 30.6 Å². The first-order chi connectivity index (χ1) is 9.83. The monoisotopic (exact) mass is 281 g/mol. The van der Waals surface area contributed by atoms with Crippen LogP contribution >= 0.6 is 0 Å². The number of amides is 1. The smallest absolute Gasteiger partial charge is 0.407 e. The van der Waals surface area contributed by atoms with Crippen LogP contribution in [-0.4, -0.2) is 44.2 Å². The van der Waals surface area contributed by atoms with E-state index in [0.29, 0.717) is 44.1 Å². The summed E-state index contributed by atoms with van der Waals surface area (Å²) in [7, 11) is 0. The Bertz CT molecular complexity index is 356. The molecule has 20 heavy (non-hydrogen) atoms. The molecule has 5 nitrogen and oxygen atoms in total. The van der Waals surface area contributed by atoms with Gasteiger partial charge in [-0.3, -0.25) is 0 Å². The number of rotatable bonds is 7. The van der Waals surface area contributed by atoms with Crippen molar-refractivity contribution in [3.05, 3.63) is 0 Å². The number of carbonyl (C=O) groups excluding carboxylic acids is 1. The highest BCUT2D eigenvalue weighted by atomic mass is 16.5. The fraction of sp³-hybridized carbons (Fsp3) is 0.800. The summed E-state index contributed by atoms with van der Waals surface area (Å²) in [6.45, 7) is 1.60. The van der Waals surface area contributed by atoms with Gasteiger partial charge in [-0.15, -0.1) is 11.8 Å². The lowest BCUT2D eigenvalue weighted by Gasteiger charge is -2.07. The molecule has 0 aromatic carbocycles. The SMILES string of the molecule is O=C(NCCOCCO)OCC1[C@H]2CCC#CCC[C@@H]12. The molecule has 1 fully saturated rings. The van der Waals surface area contributed by atoms with Crippen molar-refractivity contribution < 1.29 is 19.4 Å². The first kappa shape index (κ1) is 15.1. The van der Waals surface area contributed by atoms with E-state index in [0.717, 1.165) is 25.7 Å². The molecule has 0 spiro atoms. The largest absolute Gasteiger partial charge is 0.449 e. The molecule has 0 aromatic rings. The molecule has 0 heterocycles. The quantitative estimate of drug-likeness (QED) is 0.543. The number of aliphatic hydroxyl groups excluding tert-OH is 1. The van der Waals surface area contributed by atoms with Crippen LogP contribution in [0.5, 0.6) is 0 Å². The summed E-state index contributed by atoms with van der Waals surface area (Å²) in [6, 6.07) is 0. The zero-order chi connectivity index (χ0) is 14.2. The van der Waals surface area contributed by atoms with Crippen molar-refractivity contribution in [2.24, 2.45) is 17.8 Å². The van der Waals surface area contributed by atoms with Crippen molar-refractivity contribution in [3.63, 3.8) is 0 Å². The zero-order valence-electron chi connectivity index (χ0n) is 11.8. The van der Waals surface area contributed by atoms with Gasteiger partial charge >= 0.3 is 6.09 Å². The van der Waals surface area contributed by atoms with Gasteiger partial charge in [-0.25, -0.2) is 4.79 Å². The number of aliphatic hydroxyl groups is 1. The Morgan fingerprint density at radius 2 is 1.90 bits per heavy atom. The average molecular weight is 281 g/mol. The van der Waals surface area contributed by atoms with Crippen LogP contribution < -0.4 is 5.32 Å². The molecule has 0 bridgehead atoms. The second-order valence-corrected chi connectivity index (χ2v) is 5.28. The van der Waals surface area contributed by atoms with Crippen molar-refractivity contribution >= 4 is 6.09 Å². The molecule has 0 radical (unpaired) electrons. The minimum absolute atomic E-state index is 0.00137. The molecule has 112 valence electrons.